The summed E-state index contributed by atoms with van der Waals surface area (Å²) >= 11 is 0. The summed E-state index contributed by atoms with van der Waals surface area (Å²) in [6, 6.07) is 6.25. The van der Waals surface area contributed by atoms with Gasteiger partial charge in [-0.25, -0.2) is 13.1 Å². The highest BCUT2D eigenvalue weighted by Crippen LogP contribution is 2.18. The van der Waals surface area contributed by atoms with Crippen molar-refractivity contribution in [2.75, 3.05) is 39.8 Å². The molecule has 0 bridgehead atoms. The smallest absolute Gasteiger partial charge is 0.240 e. The molecule has 1 aliphatic rings. The molecule has 0 aliphatic carbocycles. The lowest BCUT2D eigenvalue weighted by Gasteiger charge is -2.32. The molecule has 146 valence electrons. The standard InChI is InChI=1S/C18H29N3O4S/c1-3-25-16-4-6-17(7-5-16)26(23,24)20-11-8-18(22)21-12-9-15(10-13-21)14-19-2/h4-7,15,19-20H,3,8-14H2,1-2H3. The number of rotatable bonds is 9. The van der Waals surface area contributed by atoms with Crippen LogP contribution in [0.2, 0.25) is 0 Å². The van der Waals surface area contributed by atoms with Gasteiger partial charge in [-0.2, -0.15) is 0 Å². The van der Waals surface area contributed by atoms with Gasteiger partial charge < -0.3 is 15.0 Å². The van der Waals surface area contributed by atoms with E-state index in [0.29, 0.717) is 18.3 Å². The first-order valence-electron chi connectivity index (χ1n) is 9.11. The molecule has 7 nitrogen and oxygen atoms in total. The van der Waals surface area contributed by atoms with Gasteiger partial charge in [0.15, 0.2) is 0 Å². The summed E-state index contributed by atoms with van der Waals surface area (Å²) in [7, 11) is -1.68. The number of piperidine rings is 1. The van der Waals surface area contributed by atoms with Gasteiger partial charge in [0, 0.05) is 26.1 Å². The zero-order valence-corrected chi connectivity index (χ0v) is 16.3. The molecule has 1 saturated heterocycles. The number of hydrogen-bond donors (Lipinski definition) is 2. The summed E-state index contributed by atoms with van der Waals surface area (Å²) in [5.74, 6) is 1.24. The molecule has 1 fully saturated rings. The molecule has 0 atom stereocenters. The van der Waals surface area contributed by atoms with Crippen LogP contribution < -0.4 is 14.8 Å². The molecule has 1 aromatic carbocycles. The molecule has 8 heteroatoms. The Balaban J connectivity index is 1.78. The van der Waals surface area contributed by atoms with Crippen LogP contribution in [0.3, 0.4) is 0 Å². The number of ether oxygens (including phenoxy) is 1. The topological polar surface area (TPSA) is 87.7 Å². The van der Waals surface area contributed by atoms with Crippen molar-refractivity contribution in [3.63, 3.8) is 0 Å². The zero-order valence-electron chi connectivity index (χ0n) is 15.5. The molecule has 2 rings (SSSR count). The minimum absolute atomic E-state index is 0.00213. The fraction of sp³-hybridized carbons (Fsp3) is 0.611. The Kier molecular flexibility index (Phi) is 7.86. The average molecular weight is 384 g/mol. The van der Waals surface area contributed by atoms with Crippen LogP contribution in [-0.4, -0.2) is 59.1 Å². The zero-order chi connectivity index (χ0) is 19.0. The van der Waals surface area contributed by atoms with E-state index < -0.39 is 10.0 Å². The number of benzene rings is 1. The largest absolute Gasteiger partial charge is 0.494 e. The van der Waals surface area contributed by atoms with Crippen LogP contribution in [0.4, 0.5) is 0 Å². The minimum atomic E-state index is -3.62. The molecule has 1 amide bonds. The highest BCUT2D eigenvalue weighted by Gasteiger charge is 2.22. The quantitative estimate of drug-likeness (QED) is 0.669. The summed E-state index contributed by atoms with van der Waals surface area (Å²) in [6.45, 7) is 4.97. The maximum absolute atomic E-state index is 12.3. The van der Waals surface area contributed by atoms with Gasteiger partial charge in [0.2, 0.25) is 15.9 Å². The predicted molar refractivity (Wildman–Crippen MR) is 101 cm³/mol. The van der Waals surface area contributed by atoms with Crippen molar-refractivity contribution in [2.24, 2.45) is 5.92 Å². The predicted octanol–water partition coefficient (Wildman–Crippen LogP) is 1.21. The van der Waals surface area contributed by atoms with E-state index in [1.807, 2.05) is 18.9 Å². The van der Waals surface area contributed by atoms with E-state index in [4.69, 9.17) is 4.74 Å². The van der Waals surface area contributed by atoms with Crippen LogP contribution in [0, 0.1) is 5.92 Å². The van der Waals surface area contributed by atoms with E-state index in [-0.39, 0.29) is 23.8 Å². The van der Waals surface area contributed by atoms with Crippen LogP contribution in [0.1, 0.15) is 26.2 Å². The first kappa shape index (κ1) is 20.7. The van der Waals surface area contributed by atoms with Gasteiger partial charge in [-0.3, -0.25) is 4.79 Å². The lowest BCUT2D eigenvalue weighted by molar-refractivity contribution is -0.132. The average Bonchev–Trinajstić information content (AvgIpc) is 2.63. The number of carbonyl (C=O) groups excluding carboxylic acids is 1. The lowest BCUT2D eigenvalue weighted by Crippen LogP contribution is -2.41. The molecule has 1 aromatic rings. The lowest BCUT2D eigenvalue weighted by atomic mass is 9.96. The fourth-order valence-electron chi connectivity index (χ4n) is 3.09. The third kappa shape index (κ3) is 5.96. The minimum Gasteiger partial charge on any atom is -0.494 e. The third-order valence-electron chi connectivity index (χ3n) is 4.54. The Bertz CT molecular complexity index is 668. The second kappa shape index (κ2) is 9.89. The molecule has 0 radical (unpaired) electrons. The van der Waals surface area contributed by atoms with Gasteiger partial charge in [-0.05, 0) is 63.5 Å². The normalized spacial score (nSPS) is 15.8. The van der Waals surface area contributed by atoms with E-state index in [2.05, 4.69) is 10.0 Å². The molecule has 2 N–H and O–H groups in total. The van der Waals surface area contributed by atoms with Crippen molar-refractivity contribution in [3.8, 4) is 5.75 Å². The summed E-state index contributed by atoms with van der Waals surface area (Å²) in [6.07, 6.45) is 2.15. The Labute approximate surface area is 156 Å². The Morgan fingerprint density at radius 3 is 2.46 bits per heavy atom. The number of amides is 1. The van der Waals surface area contributed by atoms with E-state index in [1.54, 1.807) is 12.1 Å². The molecule has 0 unspecified atom stereocenters. The molecule has 0 aromatic heterocycles. The number of nitrogens with zero attached hydrogens (tertiary/aromatic N) is 1. The van der Waals surface area contributed by atoms with Gasteiger partial charge in [-0.1, -0.05) is 0 Å². The molecular weight excluding hydrogens is 354 g/mol. The molecule has 0 saturated carbocycles. The van der Waals surface area contributed by atoms with E-state index in [0.717, 1.165) is 32.5 Å². The van der Waals surface area contributed by atoms with Crippen molar-refractivity contribution < 1.29 is 17.9 Å². The first-order valence-corrected chi connectivity index (χ1v) is 10.6. The van der Waals surface area contributed by atoms with Gasteiger partial charge in [0.1, 0.15) is 5.75 Å². The molecular formula is C18H29N3O4S. The van der Waals surface area contributed by atoms with Crippen LogP contribution in [0.5, 0.6) is 5.75 Å². The number of sulfonamides is 1. The van der Waals surface area contributed by atoms with Gasteiger partial charge in [-0.15, -0.1) is 0 Å². The Hall–Kier alpha value is -1.64. The first-order chi connectivity index (χ1) is 12.5. The Morgan fingerprint density at radius 2 is 1.88 bits per heavy atom. The Morgan fingerprint density at radius 1 is 1.23 bits per heavy atom. The number of nitrogens with one attached hydrogen (secondary N) is 2. The van der Waals surface area contributed by atoms with Crippen molar-refractivity contribution in [3.05, 3.63) is 24.3 Å². The van der Waals surface area contributed by atoms with Gasteiger partial charge in [0.25, 0.3) is 0 Å². The van der Waals surface area contributed by atoms with E-state index >= 15 is 0 Å². The highest BCUT2D eigenvalue weighted by molar-refractivity contribution is 7.89. The van der Waals surface area contributed by atoms with Crippen LogP contribution in [0.15, 0.2) is 29.2 Å². The summed E-state index contributed by atoms with van der Waals surface area (Å²) < 4.78 is 32.4. The highest BCUT2D eigenvalue weighted by atomic mass is 32.2. The number of hydrogen-bond acceptors (Lipinski definition) is 5. The molecule has 0 spiro atoms. The summed E-state index contributed by atoms with van der Waals surface area (Å²) in [5, 5.41) is 3.17. The molecule has 1 heterocycles. The van der Waals surface area contributed by atoms with Crippen molar-refractivity contribution in [1.29, 1.82) is 0 Å². The summed E-state index contributed by atoms with van der Waals surface area (Å²) in [4.78, 5) is 14.3. The SMILES string of the molecule is CCOc1ccc(S(=O)(=O)NCCC(=O)N2CCC(CNC)CC2)cc1. The third-order valence-corrected chi connectivity index (χ3v) is 6.01. The molecule has 1 aliphatic heterocycles. The maximum Gasteiger partial charge on any atom is 0.240 e. The van der Waals surface area contributed by atoms with Crippen LogP contribution in [-0.2, 0) is 14.8 Å². The fourth-order valence-corrected chi connectivity index (χ4v) is 4.12. The van der Waals surface area contributed by atoms with E-state index in [1.165, 1.54) is 12.1 Å². The van der Waals surface area contributed by atoms with Crippen LogP contribution >= 0.6 is 0 Å². The van der Waals surface area contributed by atoms with Gasteiger partial charge >= 0.3 is 0 Å². The number of likely N-dealkylation sites (tertiary alicyclic amines) is 1. The van der Waals surface area contributed by atoms with Crippen molar-refractivity contribution in [1.82, 2.24) is 14.9 Å². The van der Waals surface area contributed by atoms with E-state index in [9.17, 15) is 13.2 Å². The summed E-state index contributed by atoms with van der Waals surface area (Å²) in [5.41, 5.74) is 0. The second-order valence-corrected chi connectivity index (χ2v) is 8.20. The number of carbonyl (C=O) groups is 1. The van der Waals surface area contributed by atoms with Crippen molar-refractivity contribution >= 4 is 15.9 Å². The van der Waals surface area contributed by atoms with Crippen LogP contribution in [0.25, 0.3) is 0 Å². The monoisotopic (exact) mass is 383 g/mol. The second-order valence-electron chi connectivity index (χ2n) is 6.43. The van der Waals surface area contributed by atoms with Gasteiger partial charge in [0.05, 0.1) is 11.5 Å². The maximum atomic E-state index is 12.3. The molecule has 26 heavy (non-hydrogen) atoms. The van der Waals surface area contributed by atoms with Crippen molar-refractivity contribution in [2.45, 2.75) is 31.1 Å².